The van der Waals surface area contributed by atoms with Gasteiger partial charge in [-0.05, 0) is 24.4 Å². The van der Waals surface area contributed by atoms with Crippen LogP contribution in [0, 0.1) is 0 Å². The lowest BCUT2D eigenvalue weighted by Crippen LogP contribution is -2.61. The maximum atomic E-state index is 5.62. The van der Waals surface area contributed by atoms with Crippen LogP contribution in [-0.2, 0) is 18.3 Å². The van der Waals surface area contributed by atoms with Crippen molar-refractivity contribution in [2.24, 2.45) is 7.05 Å². The Labute approximate surface area is 168 Å². The van der Waals surface area contributed by atoms with Gasteiger partial charge in [0.25, 0.3) is 0 Å². The van der Waals surface area contributed by atoms with Crippen molar-refractivity contribution in [3.8, 4) is 11.4 Å². The van der Waals surface area contributed by atoms with Crippen LogP contribution in [-0.4, -0.2) is 45.1 Å². The zero-order chi connectivity index (χ0) is 19.3. The first kappa shape index (κ1) is 17.5. The highest BCUT2D eigenvalue weighted by Crippen LogP contribution is 2.35. The summed E-state index contributed by atoms with van der Waals surface area (Å²) in [4.78, 5) is 3.54. The van der Waals surface area contributed by atoms with E-state index in [2.05, 4.69) is 86.2 Å². The molecule has 144 valence electrons. The third-order valence-corrected chi connectivity index (χ3v) is 6.45. The second-order valence-corrected chi connectivity index (χ2v) is 8.70. The predicted molar refractivity (Wildman–Crippen MR) is 113 cm³/mol. The van der Waals surface area contributed by atoms with E-state index in [1.165, 1.54) is 15.8 Å². The second-order valence-electron chi connectivity index (χ2n) is 7.67. The maximum Gasteiger partial charge on any atom is 0.228 e. The first-order valence-corrected chi connectivity index (χ1v) is 10.3. The monoisotopic (exact) mass is 393 g/mol. The summed E-state index contributed by atoms with van der Waals surface area (Å²) >= 11 is 1.76. The second kappa shape index (κ2) is 6.46. The van der Waals surface area contributed by atoms with E-state index >= 15 is 0 Å². The Morgan fingerprint density at radius 3 is 2.71 bits per heavy atom. The molecule has 0 N–H and O–H groups in total. The Kier molecular flexibility index (Phi) is 4.03. The van der Waals surface area contributed by atoms with Gasteiger partial charge >= 0.3 is 0 Å². The van der Waals surface area contributed by atoms with Crippen LogP contribution in [0.2, 0.25) is 0 Å². The minimum atomic E-state index is -0.112. The Morgan fingerprint density at radius 1 is 1.14 bits per heavy atom. The molecular weight excluding hydrogens is 370 g/mol. The van der Waals surface area contributed by atoms with E-state index in [0.717, 1.165) is 37.0 Å². The Balaban J connectivity index is 1.62. The summed E-state index contributed by atoms with van der Waals surface area (Å²) < 4.78 is 10.0. The van der Waals surface area contributed by atoms with Crippen molar-refractivity contribution in [1.82, 2.24) is 19.3 Å². The third kappa shape index (κ3) is 2.73. The van der Waals surface area contributed by atoms with Gasteiger partial charge in [-0.25, -0.2) is 0 Å². The number of ether oxygens (including phenoxy) is 1. The minimum absolute atomic E-state index is 0.112. The SMILES string of the molecule is COC1(C)CN(c2nnc(-c3cn(C)c4ccccc34)n2Cc2cccs2)C1. The number of fused-ring (bicyclic) bond motifs is 1. The Morgan fingerprint density at radius 2 is 1.96 bits per heavy atom. The molecule has 4 aromatic rings. The molecule has 0 aliphatic carbocycles. The summed E-state index contributed by atoms with van der Waals surface area (Å²) in [7, 11) is 3.85. The van der Waals surface area contributed by atoms with Gasteiger partial charge in [-0.3, -0.25) is 4.57 Å². The number of aromatic nitrogens is 4. The summed E-state index contributed by atoms with van der Waals surface area (Å²) in [6.07, 6.45) is 2.15. The maximum absolute atomic E-state index is 5.62. The molecule has 3 aromatic heterocycles. The fourth-order valence-electron chi connectivity index (χ4n) is 3.98. The molecule has 1 saturated heterocycles. The Hall–Kier alpha value is -2.64. The molecule has 0 radical (unpaired) electrons. The number of methoxy groups -OCH3 is 1. The van der Waals surface area contributed by atoms with Crippen molar-refractivity contribution in [3.05, 3.63) is 52.9 Å². The lowest BCUT2D eigenvalue weighted by molar-refractivity contribution is -0.0178. The van der Waals surface area contributed by atoms with Gasteiger partial charge < -0.3 is 14.2 Å². The molecule has 5 rings (SSSR count). The van der Waals surface area contributed by atoms with Gasteiger partial charge in [0.2, 0.25) is 5.95 Å². The van der Waals surface area contributed by atoms with Crippen molar-refractivity contribution in [2.75, 3.05) is 25.1 Å². The summed E-state index contributed by atoms with van der Waals surface area (Å²) in [5.41, 5.74) is 2.20. The minimum Gasteiger partial charge on any atom is -0.375 e. The Bertz CT molecular complexity index is 1120. The molecule has 0 amide bonds. The number of para-hydroxylation sites is 1. The zero-order valence-corrected chi connectivity index (χ0v) is 17.1. The first-order valence-electron chi connectivity index (χ1n) is 9.38. The van der Waals surface area contributed by atoms with Crippen molar-refractivity contribution >= 4 is 28.2 Å². The summed E-state index contributed by atoms with van der Waals surface area (Å²) in [6.45, 7) is 4.54. The van der Waals surface area contributed by atoms with E-state index in [9.17, 15) is 0 Å². The number of hydrogen-bond acceptors (Lipinski definition) is 5. The van der Waals surface area contributed by atoms with Crippen molar-refractivity contribution in [2.45, 2.75) is 19.1 Å². The van der Waals surface area contributed by atoms with E-state index in [1.807, 2.05) is 0 Å². The molecule has 0 spiro atoms. The number of benzene rings is 1. The highest BCUT2D eigenvalue weighted by atomic mass is 32.1. The first-order chi connectivity index (χ1) is 13.6. The van der Waals surface area contributed by atoms with Gasteiger partial charge in [-0.15, -0.1) is 21.5 Å². The smallest absolute Gasteiger partial charge is 0.228 e. The van der Waals surface area contributed by atoms with Gasteiger partial charge in [0.15, 0.2) is 5.82 Å². The van der Waals surface area contributed by atoms with Crippen LogP contribution in [0.5, 0.6) is 0 Å². The van der Waals surface area contributed by atoms with Crippen LogP contribution in [0.3, 0.4) is 0 Å². The van der Waals surface area contributed by atoms with Crippen LogP contribution >= 0.6 is 11.3 Å². The van der Waals surface area contributed by atoms with Crippen LogP contribution in [0.25, 0.3) is 22.3 Å². The highest BCUT2D eigenvalue weighted by molar-refractivity contribution is 7.09. The van der Waals surface area contributed by atoms with Crippen LogP contribution < -0.4 is 4.90 Å². The van der Waals surface area contributed by atoms with Crippen LogP contribution in [0.4, 0.5) is 5.95 Å². The molecule has 6 nitrogen and oxygen atoms in total. The topological polar surface area (TPSA) is 48.1 Å². The number of anilines is 1. The molecule has 0 atom stereocenters. The molecule has 1 aromatic carbocycles. The largest absolute Gasteiger partial charge is 0.375 e. The van der Waals surface area contributed by atoms with Gasteiger partial charge in [-0.1, -0.05) is 24.3 Å². The third-order valence-electron chi connectivity index (χ3n) is 5.59. The average molecular weight is 394 g/mol. The normalized spacial score (nSPS) is 15.9. The number of hydrogen-bond donors (Lipinski definition) is 0. The van der Waals surface area contributed by atoms with Crippen molar-refractivity contribution < 1.29 is 4.74 Å². The van der Waals surface area contributed by atoms with E-state index in [-0.39, 0.29) is 5.60 Å². The molecule has 1 aliphatic heterocycles. The predicted octanol–water partition coefficient (Wildman–Crippen LogP) is 3.77. The van der Waals surface area contributed by atoms with Gasteiger partial charge in [0.1, 0.15) is 5.60 Å². The van der Waals surface area contributed by atoms with Crippen molar-refractivity contribution in [1.29, 1.82) is 0 Å². The van der Waals surface area contributed by atoms with Crippen molar-refractivity contribution in [3.63, 3.8) is 0 Å². The van der Waals surface area contributed by atoms with E-state index in [0.29, 0.717) is 0 Å². The van der Waals surface area contributed by atoms with E-state index < -0.39 is 0 Å². The van der Waals surface area contributed by atoms with Crippen LogP contribution in [0.1, 0.15) is 11.8 Å². The molecule has 0 saturated carbocycles. The molecule has 4 heterocycles. The van der Waals surface area contributed by atoms with Gasteiger partial charge in [-0.2, -0.15) is 0 Å². The standard InChI is InChI=1S/C21H23N5OS/c1-21(27-3)13-25(14-21)20-23-22-19(26(20)11-15-7-6-10-28-15)17-12-24(2)18-9-5-4-8-16(17)18/h4-10,12H,11,13-14H2,1-3H3. The molecule has 1 fully saturated rings. The van der Waals surface area contributed by atoms with Gasteiger partial charge in [0, 0.05) is 41.7 Å². The molecule has 0 bridgehead atoms. The van der Waals surface area contributed by atoms with Crippen LogP contribution in [0.15, 0.2) is 48.0 Å². The number of aryl methyl sites for hydroxylation is 1. The quantitative estimate of drug-likeness (QED) is 0.518. The molecular formula is C21H23N5OS. The average Bonchev–Trinajstić information content (AvgIpc) is 3.40. The number of thiophene rings is 1. The number of rotatable bonds is 5. The summed E-state index contributed by atoms with van der Waals surface area (Å²) in [5, 5.41) is 12.5. The molecule has 0 unspecified atom stereocenters. The number of nitrogens with zero attached hydrogens (tertiary/aromatic N) is 5. The molecule has 28 heavy (non-hydrogen) atoms. The fraction of sp³-hybridized carbons (Fsp3) is 0.333. The highest BCUT2D eigenvalue weighted by Gasteiger charge is 2.41. The summed E-state index contributed by atoms with van der Waals surface area (Å²) in [6, 6.07) is 12.7. The molecule has 7 heteroatoms. The van der Waals surface area contributed by atoms with E-state index in [1.54, 1.807) is 18.4 Å². The zero-order valence-electron chi connectivity index (χ0n) is 16.3. The summed E-state index contributed by atoms with van der Waals surface area (Å²) in [5.74, 6) is 1.82. The van der Waals surface area contributed by atoms with Gasteiger partial charge in [0.05, 0.1) is 19.6 Å². The van der Waals surface area contributed by atoms with E-state index in [4.69, 9.17) is 4.74 Å². The molecule has 1 aliphatic rings. The fourth-order valence-corrected chi connectivity index (χ4v) is 4.68. The lowest BCUT2D eigenvalue weighted by Gasteiger charge is -2.47. The lowest BCUT2D eigenvalue weighted by atomic mass is 9.97.